The van der Waals surface area contributed by atoms with Gasteiger partial charge in [-0.25, -0.2) is 0 Å². The van der Waals surface area contributed by atoms with Crippen molar-refractivity contribution in [2.75, 3.05) is 9.80 Å². The van der Waals surface area contributed by atoms with E-state index in [-0.39, 0.29) is 0 Å². The second kappa shape index (κ2) is 21.1. The van der Waals surface area contributed by atoms with Crippen LogP contribution in [-0.2, 0) is 0 Å². The molecule has 0 heterocycles. The molecule has 0 aromatic heterocycles. The third-order valence-electron chi connectivity index (χ3n) is 10.8. The smallest absolute Gasteiger partial charge is 0.0625 e. The standard InChI is InChI=1S/C46H44N2.4C2H6/c1-29-30(2)34(6)42-41(33(29)5)45(47(37-21-13-9-14-22-37)38-23-15-10-16-24-38)43-35(7)31(3)32(4)36(8)44(43)46(42)48(39-25-17-11-18-26-39)40-27-19-12-20-28-40;4*1-2/h9-28H,1-8H3;4*1-2H3. The monoisotopic (exact) mass is 745 g/mol. The van der Waals surface area contributed by atoms with E-state index in [1.165, 1.54) is 77.4 Å². The van der Waals surface area contributed by atoms with Gasteiger partial charge < -0.3 is 9.80 Å². The van der Waals surface area contributed by atoms with Crippen LogP contribution in [0.2, 0.25) is 0 Å². The van der Waals surface area contributed by atoms with Crippen LogP contribution in [0.3, 0.4) is 0 Å². The summed E-state index contributed by atoms with van der Waals surface area (Å²) in [6, 6.07) is 43.6. The Morgan fingerprint density at radius 2 is 0.393 bits per heavy atom. The van der Waals surface area contributed by atoms with Crippen molar-refractivity contribution >= 4 is 55.7 Å². The molecule has 0 saturated heterocycles. The number of fused-ring (bicyclic) bond motifs is 2. The second-order valence-corrected chi connectivity index (χ2v) is 13.2. The van der Waals surface area contributed by atoms with Crippen LogP contribution in [0.25, 0.3) is 21.5 Å². The molecule has 0 radical (unpaired) electrons. The zero-order chi connectivity index (χ0) is 41.7. The quantitative estimate of drug-likeness (QED) is 0.124. The minimum Gasteiger partial charge on any atom is -0.309 e. The van der Waals surface area contributed by atoms with Gasteiger partial charge in [-0.05, 0) is 148 Å². The maximum Gasteiger partial charge on any atom is 0.0625 e. The molecule has 0 fully saturated rings. The van der Waals surface area contributed by atoms with E-state index in [4.69, 9.17) is 0 Å². The number of benzene rings is 7. The molecule has 0 saturated carbocycles. The van der Waals surface area contributed by atoms with E-state index < -0.39 is 0 Å². The Labute approximate surface area is 340 Å². The number of hydrogen-bond acceptors (Lipinski definition) is 2. The molecule has 294 valence electrons. The molecule has 0 aliphatic heterocycles. The molecule has 0 amide bonds. The van der Waals surface area contributed by atoms with E-state index in [9.17, 15) is 0 Å². The molecule has 0 spiro atoms. The molecule has 7 aromatic carbocycles. The van der Waals surface area contributed by atoms with E-state index in [1.54, 1.807) is 0 Å². The average Bonchev–Trinajstić information content (AvgIpc) is 3.27. The zero-order valence-corrected chi connectivity index (χ0v) is 37.4. The minimum atomic E-state index is 1.15. The van der Waals surface area contributed by atoms with Gasteiger partial charge in [0.1, 0.15) is 0 Å². The van der Waals surface area contributed by atoms with Crippen molar-refractivity contribution in [1.82, 2.24) is 0 Å². The molecule has 0 bridgehead atoms. The van der Waals surface area contributed by atoms with Gasteiger partial charge in [0.05, 0.1) is 11.4 Å². The topological polar surface area (TPSA) is 6.48 Å². The van der Waals surface area contributed by atoms with Gasteiger partial charge in [-0.3, -0.25) is 0 Å². The van der Waals surface area contributed by atoms with E-state index >= 15 is 0 Å². The van der Waals surface area contributed by atoms with Crippen LogP contribution in [-0.4, -0.2) is 0 Å². The summed E-state index contributed by atoms with van der Waals surface area (Å²) in [5.74, 6) is 0. The zero-order valence-electron chi connectivity index (χ0n) is 37.4. The number of para-hydroxylation sites is 4. The first-order chi connectivity index (χ1) is 27.2. The van der Waals surface area contributed by atoms with Crippen LogP contribution in [0.4, 0.5) is 34.1 Å². The van der Waals surface area contributed by atoms with Crippen LogP contribution in [0, 0.1) is 55.4 Å². The highest BCUT2D eigenvalue weighted by molar-refractivity contribution is 6.27. The van der Waals surface area contributed by atoms with E-state index in [0.717, 1.165) is 22.7 Å². The summed E-state index contributed by atoms with van der Waals surface area (Å²) >= 11 is 0. The summed E-state index contributed by atoms with van der Waals surface area (Å²) in [4.78, 5) is 5.01. The Kier molecular flexibility index (Phi) is 17.0. The van der Waals surface area contributed by atoms with Crippen molar-refractivity contribution in [2.45, 2.75) is 111 Å². The van der Waals surface area contributed by atoms with Crippen molar-refractivity contribution in [3.63, 3.8) is 0 Å². The lowest BCUT2D eigenvalue weighted by Crippen LogP contribution is -2.17. The fraction of sp³-hybridized carbons (Fsp3) is 0.296. The number of rotatable bonds is 6. The third kappa shape index (κ3) is 8.41. The first kappa shape index (κ1) is 45.1. The lowest BCUT2D eigenvalue weighted by Gasteiger charge is -2.36. The molecule has 56 heavy (non-hydrogen) atoms. The van der Waals surface area contributed by atoms with Crippen LogP contribution in [0.5, 0.6) is 0 Å². The normalized spacial score (nSPS) is 10.1. The number of hydrogen-bond donors (Lipinski definition) is 0. The van der Waals surface area contributed by atoms with E-state index in [0.29, 0.717) is 0 Å². The summed E-state index contributed by atoms with van der Waals surface area (Å²) in [6.07, 6.45) is 0. The lowest BCUT2D eigenvalue weighted by atomic mass is 9.82. The largest absolute Gasteiger partial charge is 0.309 e. The van der Waals surface area contributed by atoms with Crippen molar-refractivity contribution in [3.05, 3.63) is 166 Å². The lowest BCUT2D eigenvalue weighted by molar-refractivity contribution is 1.21. The van der Waals surface area contributed by atoms with Gasteiger partial charge in [0.25, 0.3) is 0 Å². The summed E-state index contributed by atoms with van der Waals surface area (Å²) in [5, 5.41) is 5.20. The second-order valence-electron chi connectivity index (χ2n) is 13.2. The summed E-state index contributed by atoms with van der Waals surface area (Å²) < 4.78 is 0. The fourth-order valence-corrected chi connectivity index (χ4v) is 7.63. The van der Waals surface area contributed by atoms with Crippen molar-refractivity contribution in [1.29, 1.82) is 0 Å². The predicted molar refractivity (Wildman–Crippen MR) is 254 cm³/mol. The third-order valence-corrected chi connectivity index (χ3v) is 10.8. The molecule has 2 heteroatoms. The predicted octanol–water partition coefficient (Wildman–Crippen LogP) is 17.5. The van der Waals surface area contributed by atoms with Crippen molar-refractivity contribution < 1.29 is 0 Å². The van der Waals surface area contributed by atoms with Gasteiger partial charge in [0.15, 0.2) is 0 Å². The van der Waals surface area contributed by atoms with Crippen LogP contribution in [0.15, 0.2) is 121 Å². The average molecular weight is 745 g/mol. The molecule has 0 atom stereocenters. The van der Waals surface area contributed by atoms with Gasteiger partial charge in [-0.1, -0.05) is 128 Å². The fourth-order valence-electron chi connectivity index (χ4n) is 7.63. The SMILES string of the molecule is CC.CC.CC.CC.Cc1c(C)c(C)c2c(N(c3ccccc3)c3ccccc3)c3c(C)c(C)c(C)c(C)c3c(N(c3ccccc3)c3ccccc3)c2c1C. The molecule has 0 N–H and O–H groups in total. The highest BCUT2D eigenvalue weighted by Crippen LogP contribution is 2.55. The summed E-state index contributed by atoms with van der Waals surface area (Å²) in [7, 11) is 0. The van der Waals surface area contributed by atoms with Gasteiger partial charge in [-0.2, -0.15) is 0 Å². The number of nitrogens with zero attached hydrogens (tertiary/aromatic N) is 2. The Morgan fingerprint density at radius 3 is 0.554 bits per heavy atom. The molecule has 7 rings (SSSR count). The van der Waals surface area contributed by atoms with Gasteiger partial charge in [0, 0.05) is 44.3 Å². The Morgan fingerprint density at radius 1 is 0.232 bits per heavy atom. The molecule has 0 unspecified atom stereocenters. The van der Waals surface area contributed by atoms with Gasteiger partial charge in [0.2, 0.25) is 0 Å². The van der Waals surface area contributed by atoms with Crippen molar-refractivity contribution in [3.8, 4) is 0 Å². The highest BCUT2D eigenvalue weighted by atomic mass is 15.2. The van der Waals surface area contributed by atoms with Gasteiger partial charge in [-0.15, -0.1) is 0 Å². The van der Waals surface area contributed by atoms with Crippen LogP contribution >= 0.6 is 0 Å². The van der Waals surface area contributed by atoms with Crippen LogP contribution in [0.1, 0.15) is 99.9 Å². The maximum atomic E-state index is 2.51. The first-order valence-corrected chi connectivity index (χ1v) is 21.0. The van der Waals surface area contributed by atoms with Crippen molar-refractivity contribution in [2.24, 2.45) is 0 Å². The Hall–Kier alpha value is -5.34. The minimum absolute atomic E-state index is 1.15. The first-order valence-electron chi connectivity index (χ1n) is 21.0. The molecule has 2 nitrogen and oxygen atoms in total. The maximum absolute atomic E-state index is 2.51. The van der Waals surface area contributed by atoms with Crippen LogP contribution < -0.4 is 9.80 Å². The Bertz CT molecular complexity index is 1960. The summed E-state index contributed by atoms with van der Waals surface area (Å²) in [6.45, 7) is 34.5. The molecule has 0 aliphatic rings. The molecular formula is C54H68N2. The molecule has 0 aliphatic carbocycles. The highest BCUT2D eigenvalue weighted by Gasteiger charge is 2.31. The number of aryl methyl sites for hydroxylation is 4. The molecule has 7 aromatic rings. The van der Waals surface area contributed by atoms with E-state index in [1.807, 2.05) is 55.4 Å². The molecular weight excluding hydrogens is 677 g/mol. The summed E-state index contributed by atoms with van der Waals surface area (Å²) in [5.41, 5.74) is 17.7. The Balaban J connectivity index is 0.000000989. The number of anilines is 6. The van der Waals surface area contributed by atoms with E-state index in [2.05, 4.69) is 187 Å². The van der Waals surface area contributed by atoms with Gasteiger partial charge >= 0.3 is 0 Å².